The Morgan fingerprint density at radius 2 is 1.90 bits per heavy atom. The molecule has 0 spiro atoms. The van der Waals surface area contributed by atoms with Gasteiger partial charge in [-0.1, -0.05) is 12.1 Å². The highest BCUT2D eigenvalue weighted by molar-refractivity contribution is 5.42. The van der Waals surface area contributed by atoms with Gasteiger partial charge in [-0.05, 0) is 29.3 Å². The molecule has 0 fully saturated rings. The third-order valence-electron chi connectivity index (χ3n) is 2.94. The summed E-state index contributed by atoms with van der Waals surface area (Å²) in [5, 5.41) is 10.9. The first-order valence-corrected chi connectivity index (χ1v) is 6.36. The molecule has 0 heterocycles. The molecule has 21 heavy (non-hydrogen) atoms. The summed E-state index contributed by atoms with van der Waals surface area (Å²) >= 11 is 0. The molecule has 2 aromatic carbocycles. The summed E-state index contributed by atoms with van der Waals surface area (Å²) in [6, 6.07) is 12.0. The van der Waals surface area contributed by atoms with Gasteiger partial charge in [-0.3, -0.25) is 10.1 Å². The number of benzene rings is 2. The average molecular weight is 288 g/mol. The number of methoxy groups -OCH3 is 1. The number of hydrogen-bond acceptors (Lipinski definition) is 5. The number of nitrogens with two attached hydrogens (primary N) is 1. The first kappa shape index (κ1) is 14.8. The van der Waals surface area contributed by atoms with Crippen LogP contribution in [0.4, 0.5) is 5.69 Å². The van der Waals surface area contributed by atoms with Crippen LogP contribution in [-0.4, -0.2) is 12.0 Å². The van der Waals surface area contributed by atoms with Gasteiger partial charge >= 0.3 is 0 Å². The van der Waals surface area contributed by atoms with E-state index in [4.69, 9.17) is 15.2 Å². The maximum absolute atomic E-state index is 10.9. The second kappa shape index (κ2) is 6.71. The quantitative estimate of drug-likeness (QED) is 0.652. The SMILES string of the molecule is COc1cc(COc2cccc(CN)c2)cc([N+](=O)[O-])c1. The highest BCUT2D eigenvalue weighted by Crippen LogP contribution is 2.24. The fourth-order valence-electron chi connectivity index (χ4n) is 1.88. The van der Waals surface area contributed by atoms with E-state index in [1.807, 2.05) is 24.3 Å². The number of nitrogens with zero attached hydrogens (tertiary/aromatic N) is 1. The second-order valence-corrected chi connectivity index (χ2v) is 4.44. The van der Waals surface area contributed by atoms with E-state index < -0.39 is 4.92 Å². The van der Waals surface area contributed by atoms with Crippen LogP contribution < -0.4 is 15.2 Å². The third-order valence-corrected chi connectivity index (χ3v) is 2.94. The maximum atomic E-state index is 10.9. The summed E-state index contributed by atoms with van der Waals surface area (Å²) < 4.78 is 10.7. The lowest BCUT2D eigenvalue weighted by atomic mass is 10.2. The van der Waals surface area contributed by atoms with E-state index in [0.717, 1.165) is 5.56 Å². The van der Waals surface area contributed by atoms with E-state index in [2.05, 4.69) is 0 Å². The lowest BCUT2D eigenvalue weighted by molar-refractivity contribution is -0.385. The van der Waals surface area contributed by atoms with Gasteiger partial charge in [0.15, 0.2) is 0 Å². The Hall–Kier alpha value is -2.60. The van der Waals surface area contributed by atoms with Crippen molar-refractivity contribution in [2.24, 2.45) is 5.73 Å². The Balaban J connectivity index is 2.15. The molecular weight excluding hydrogens is 272 g/mol. The Morgan fingerprint density at radius 1 is 1.14 bits per heavy atom. The van der Waals surface area contributed by atoms with Gasteiger partial charge < -0.3 is 15.2 Å². The van der Waals surface area contributed by atoms with E-state index in [0.29, 0.717) is 23.6 Å². The summed E-state index contributed by atoms with van der Waals surface area (Å²) in [6.45, 7) is 0.647. The average Bonchev–Trinajstić information content (AvgIpc) is 2.52. The largest absolute Gasteiger partial charge is 0.496 e. The molecule has 0 atom stereocenters. The Labute approximate surface area is 122 Å². The zero-order valence-corrected chi connectivity index (χ0v) is 11.6. The number of nitro groups is 1. The fourth-order valence-corrected chi connectivity index (χ4v) is 1.88. The van der Waals surface area contributed by atoms with Crippen molar-refractivity contribution >= 4 is 5.69 Å². The van der Waals surface area contributed by atoms with Crippen molar-refractivity contribution in [3.05, 3.63) is 63.7 Å². The minimum Gasteiger partial charge on any atom is -0.496 e. The minimum atomic E-state index is -0.457. The monoisotopic (exact) mass is 288 g/mol. The van der Waals surface area contributed by atoms with E-state index in [-0.39, 0.29) is 12.3 Å². The molecule has 2 rings (SSSR count). The molecule has 6 nitrogen and oxygen atoms in total. The molecule has 110 valence electrons. The topological polar surface area (TPSA) is 87.6 Å². The normalized spacial score (nSPS) is 10.2. The summed E-state index contributed by atoms with van der Waals surface area (Å²) in [4.78, 5) is 10.4. The molecule has 0 aliphatic carbocycles. The van der Waals surface area contributed by atoms with Gasteiger partial charge in [0.1, 0.15) is 18.1 Å². The second-order valence-electron chi connectivity index (χ2n) is 4.44. The van der Waals surface area contributed by atoms with Gasteiger partial charge in [-0.15, -0.1) is 0 Å². The molecule has 0 aliphatic rings. The molecule has 2 aromatic rings. The summed E-state index contributed by atoms with van der Waals surface area (Å²) in [5.74, 6) is 1.10. The van der Waals surface area contributed by atoms with Crippen LogP contribution in [0.15, 0.2) is 42.5 Å². The predicted octanol–water partition coefficient (Wildman–Crippen LogP) is 2.64. The highest BCUT2D eigenvalue weighted by Gasteiger charge is 2.10. The van der Waals surface area contributed by atoms with Crippen LogP contribution >= 0.6 is 0 Å². The molecular formula is C15H16N2O4. The van der Waals surface area contributed by atoms with Crippen molar-refractivity contribution in [3.8, 4) is 11.5 Å². The molecule has 0 aromatic heterocycles. The molecule has 0 bridgehead atoms. The molecule has 0 unspecified atom stereocenters. The minimum absolute atomic E-state index is 0.0244. The van der Waals surface area contributed by atoms with Gasteiger partial charge in [0.05, 0.1) is 18.1 Å². The standard InChI is InChI=1S/C15H16N2O4/c1-20-15-7-12(5-13(8-15)17(18)19)10-21-14-4-2-3-11(6-14)9-16/h2-8H,9-10,16H2,1H3. The van der Waals surface area contributed by atoms with Gasteiger partial charge in [0, 0.05) is 12.6 Å². The molecule has 0 aliphatic heterocycles. The molecule has 0 saturated heterocycles. The zero-order valence-electron chi connectivity index (χ0n) is 11.6. The molecule has 0 amide bonds. The highest BCUT2D eigenvalue weighted by atomic mass is 16.6. The zero-order chi connectivity index (χ0) is 15.2. The van der Waals surface area contributed by atoms with Crippen molar-refractivity contribution in [3.63, 3.8) is 0 Å². The van der Waals surface area contributed by atoms with Crippen molar-refractivity contribution in [2.75, 3.05) is 7.11 Å². The van der Waals surface area contributed by atoms with Crippen LogP contribution in [0.1, 0.15) is 11.1 Å². The van der Waals surface area contributed by atoms with Crippen molar-refractivity contribution < 1.29 is 14.4 Å². The van der Waals surface area contributed by atoms with Crippen molar-refractivity contribution in [1.82, 2.24) is 0 Å². The first-order chi connectivity index (χ1) is 10.1. The molecule has 6 heteroatoms. The first-order valence-electron chi connectivity index (χ1n) is 6.36. The maximum Gasteiger partial charge on any atom is 0.273 e. The van der Waals surface area contributed by atoms with E-state index in [1.54, 1.807) is 6.07 Å². The fraction of sp³-hybridized carbons (Fsp3) is 0.200. The lowest BCUT2D eigenvalue weighted by Crippen LogP contribution is -2.00. The number of nitro benzene ring substituents is 1. The van der Waals surface area contributed by atoms with Gasteiger partial charge in [-0.2, -0.15) is 0 Å². The molecule has 2 N–H and O–H groups in total. The van der Waals surface area contributed by atoms with Crippen molar-refractivity contribution in [1.29, 1.82) is 0 Å². The molecule has 0 saturated carbocycles. The van der Waals surface area contributed by atoms with Gasteiger partial charge in [0.25, 0.3) is 5.69 Å². The lowest BCUT2D eigenvalue weighted by Gasteiger charge is -2.09. The summed E-state index contributed by atoms with van der Waals surface area (Å²) in [5.41, 5.74) is 7.17. The Kier molecular flexibility index (Phi) is 4.73. The number of rotatable bonds is 6. The number of hydrogen-bond donors (Lipinski definition) is 1. The molecule has 0 radical (unpaired) electrons. The number of ether oxygens (including phenoxy) is 2. The van der Waals surface area contributed by atoms with Crippen LogP contribution in [-0.2, 0) is 13.2 Å². The van der Waals surface area contributed by atoms with E-state index in [9.17, 15) is 10.1 Å². The van der Waals surface area contributed by atoms with Crippen LogP contribution in [0.5, 0.6) is 11.5 Å². The Morgan fingerprint density at radius 3 is 2.57 bits per heavy atom. The predicted molar refractivity (Wildman–Crippen MR) is 78.3 cm³/mol. The van der Waals surface area contributed by atoms with Crippen LogP contribution in [0.3, 0.4) is 0 Å². The van der Waals surface area contributed by atoms with Crippen LogP contribution in [0.2, 0.25) is 0 Å². The smallest absolute Gasteiger partial charge is 0.273 e. The third kappa shape index (κ3) is 3.93. The van der Waals surface area contributed by atoms with Crippen molar-refractivity contribution in [2.45, 2.75) is 13.2 Å². The van der Waals surface area contributed by atoms with Crippen LogP contribution in [0.25, 0.3) is 0 Å². The summed E-state index contributed by atoms with van der Waals surface area (Å²) in [6.07, 6.45) is 0. The Bertz CT molecular complexity index is 643. The summed E-state index contributed by atoms with van der Waals surface area (Å²) in [7, 11) is 1.47. The van der Waals surface area contributed by atoms with E-state index in [1.165, 1.54) is 19.2 Å². The van der Waals surface area contributed by atoms with E-state index >= 15 is 0 Å². The van der Waals surface area contributed by atoms with Gasteiger partial charge in [-0.25, -0.2) is 0 Å². The van der Waals surface area contributed by atoms with Crippen LogP contribution in [0, 0.1) is 10.1 Å². The van der Waals surface area contributed by atoms with Gasteiger partial charge in [0.2, 0.25) is 0 Å². The number of non-ortho nitro benzene ring substituents is 1.